The Morgan fingerprint density at radius 2 is 1.84 bits per heavy atom. The summed E-state index contributed by atoms with van der Waals surface area (Å²) in [5.74, 6) is 0.196. The minimum atomic E-state index is -0.0612. The lowest BCUT2D eigenvalue weighted by Gasteiger charge is -2.40. The molecular weight excluding hydrogens is 424 g/mol. The highest BCUT2D eigenvalue weighted by molar-refractivity contribution is 6.46. The van der Waals surface area contributed by atoms with E-state index in [4.69, 9.17) is 32.7 Å². The van der Waals surface area contributed by atoms with Gasteiger partial charge in [0, 0.05) is 49.4 Å². The van der Waals surface area contributed by atoms with Crippen LogP contribution in [0.15, 0.2) is 47.1 Å². The third-order valence-electron chi connectivity index (χ3n) is 5.83. The van der Waals surface area contributed by atoms with E-state index in [-0.39, 0.29) is 22.6 Å². The number of aryl methyl sites for hydroxylation is 2. The summed E-state index contributed by atoms with van der Waals surface area (Å²) in [7, 11) is 1.58. The summed E-state index contributed by atoms with van der Waals surface area (Å²) in [5, 5.41) is 17.7. The number of rotatable bonds is 7. The highest BCUT2D eigenvalue weighted by Gasteiger charge is 2.33. The molecule has 6 nitrogen and oxygen atoms in total. The van der Waals surface area contributed by atoms with Crippen molar-refractivity contribution >= 4 is 23.2 Å². The lowest BCUT2D eigenvalue weighted by atomic mass is 9.89. The predicted octanol–water partition coefficient (Wildman–Crippen LogP) is 4.23. The Bertz CT molecular complexity index is 1110. The molecular formula is C25H27ClN4O2. The maximum Gasteiger partial charge on any atom is 0.254 e. The summed E-state index contributed by atoms with van der Waals surface area (Å²) in [6.07, 6.45) is 0.429. The van der Waals surface area contributed by atoms with E-state index in [9.17, 15) is 4.79 Å². The van der Waals surface area contributed by atoms with Crippen molar-refractivity contribution in [3.8, 4) is 6.07 Å². The van der Waals surface area contributed by atoms with Crippen molar-refractivity contribution in [1.82, 2.24) is 4.90 Å². The van der Waals surface area contributed by atoms with Crippen LogP contribution >= 0.6 is 11.6 Å². The largest absolute Gasteiger partial charge is 0.401 e. The van der Waals surface area contributed by atoms with Crippen LogP contribution < -0.4 is 5.73 Å². The van der Waals surface area contributed by atoms with Gasteiger partial charge in [0.05, 0.1) is 29.0 Å². The number of amides is 1. The maximum atomic E-state index is 13.2. The molecule has 0 unspecified atom stereocenters. The van der Waals surface area contributed by atoms with Crippen molar-refractivity contribution in [3.05, 3.63) is 80.5 Å². The third-order valence-corrected chi connectivity index (χ3v) is 6.26. The zero-order chi connectivity index (χ0) is 23.4. The number of halogens is 1. The number of carbonyl (C=O) groups excluding carboxylic acids is 1. The second kappa shape index (κ2) is 9.99. The monoisotopic (exact) mass is 450 g/mol. The Morgan fingerprint density at radius 1 is 1.22 bits per heavy atom. The molecule has 2 aromatic rings. The summed E-state index contributed by atoms with van der Waals surface area (Å²) in [6.45, 7) is 5.45. The molecule has 1 heterocycles. The van der Waals surface area contributed by atoms with Crippen LogP contribution in [0.3, 0.4) is 0 Å². The average Bonchev–Trinajstić information content (AvgIpc) is 2.75. The van der Waals surface area contributed by atoms with Crippen molar-refractivity contribution in [3.63, 3.8) is 0 Å². The standard InChI is InChI=1S/C25H27ClN4O2/c1-15-10-16(2)21(11-20(15)24(29)23(26)22(28)8-9-32-3)25(31)30-13-19(14-30)18-6-4-17(12-27)5-7-18/h4-7,10-11,19,29H,8-9,13-14,28H2,1-3H3. The summed E-state index contributed by atoms with van der Waals surface area (Å²) in [6, 6.07) is 13.3. The third kappa shape index (κ3) is 4.85. The Balaban J connectivity index is 1.78. The lowest BCUT2D eigenvalue weighted by molar-refractivity contribution is 0.0601. The van der Waals surface area contributed by atoms with E-state index in [2.05, 4.69) is 6.07 Å². The van der Waals surface area contributed by atoms with E-state index in [0.717, 1.165) is 16.7 Å². The van der Waals surface area contributed by atoms with Gasteiger partial charge in [-0.15, -0.1) is 0 Å². The molecule has 3 rings (SSSR count). The summed E-state index contributed by atoms with van der Waals surface area (Å²) < 4.78 is 5.03. The number of hydrogen-bond donors (Lipinski definition) is 2. The Labute approximate surface area is 193 Å². The maximum absolute atomic E-state index is 13.2. The SMILES string of the molecule is COCCC(N)=C(Cl)C(=N)c1cc(C(=O)N2CC(c3ccc(C#N)cc3)C2)c(C)cc1C. The van der Waals surface area contributed by atoms with E-state index in [1.165, 1.54) is 0 Å². The Hall–Kier alpha value is -3.14. The van der Waals surface area contributed by atoms with Gasteiger partial charge in [-0.3, -0.25) is 10.2 Å². The van der Waals surface area contributed by atoms with Gasteiger partial charge in [-0.05, 0) is 48.7 Å². The molecule has 1 fully saturated rings. The molecule has 1 aliphatic heterocycles. The van der Waals surface area contributed by atoms with Gasteiger partial charge in [-0.1, -0.05) is 29.8 Å². The van der Waals surface area contributed by atoms with Gasteiger partial charge in [-0.2, -0.15) is 5.26 Å². The average molecular weight is 451 g/mol. The van der Waals surface area contributed by atoms with E-state index in [0.29, 0.717) is 48.5 Å². The van der Waals surface area contributed by atoms with Crippen molar-refractivity contribution in [1.29, 1.82) is 10.7 Å². The first-order chi connectivity index (χ1) is 15.3. The normalized spacial score (nSPS) is 14.4. The number of benzene rings is 2. The second-order valence-corrected chi connectivity index (χ2v) is 8.46. The van der Waals surface area contributed by atoms with Gasteiger partial charge in [0.15, 0.2) is 0 Å². The van der Waals surface area contributed by atoms with Gasteiger partial charge >= 0.3 is 0 Å². The van der Waals surface area contributed by atoms with Crippen LogP contribution in [0.2, 0.25) is 0 Å². The molecule has 166 valence electrons. The first-order valence-electron chi connectivity index (χ1n) is 10.4. The summed E-state index contributed by atoms with van der Waals surface area (Å²) in [5.41, 5.74) is 11.1. The molecule has 1 saturated heterocycles. The molecule has 1 amide bonds. The molecule has 32 heavy (non-hydrogen) atoms. The highest BCUT2D eigenvalue weighted by atomic mass is 35.5. The predicted molar refractivity (Wildman–Crippen MR) is 126 cm³/mol. The van der Waals surface area contributed by atoms with Crippen molar-refractivity contribution in [2.45, 2.75) is 26.2 Å². The number of hydrogen-bond acceptors (Lipinski definition) is 5. The van der Waals surface area contributed by atoms with Crippen LogP contribution in [-0.2, 0) is 4.74 Å². The first kappa shape index (κ1) is 23.5. The number of nitrogens with one attached hydrogen (secondary N) is 1. The highest BCUT2D eigenvalue weighted by Crippen LogP contribution is 2.30. The van der Waals surface area contributed by atoms with Gasteiger partial charge in [-0.25, -0.2) is 0 Å². The Kier molecular flexibility index (Phi) is 7.34. The van der Waals surface area contributed by atoms with Crippen molar-refractivity contribution in [2.75, 3.05) is 26.8 Å². The molecule has 2 aromatic carbocycles. The minimum absolute atomic E-state index is 0.0612. The molecule has 0 bridgehead atoms. The fraction of sp³-hybridized carbons (Fsp3) is 0.320. The van der Waals surface area contributed by atoms with Gasteiger partial charge in [0.1, 0.15) is 0 Å². The number of nitrogens with two attached hydrogens (primary N) is 1. The van der Waals surface area contributed by atoms with E-state index in [1.807, 2.05) is 32.0 Å². The van der Waals surface area contributed by atoms with Crippen LogP contribution in [0.25, 0.3) is 0 Å². The molecule has 0 aromatic heterocycles. The van der Waals surface area contributed by atoms with Crippen LogP contribution in [0.4, 0.5) is 0 Å². The van der Waals surface area contributed by atoms with E-state index in [1.54, 1.807) is 30.2 Å². The van der Waals surface area contributed by atoms with Crippen LogP contribution in [0.5, 0.6) is 0 Å². The molecule has 0 spiro atoms. The number of nitrogens with zero attached hydrogens (tertiary/aromatic N) is 2. The van der Waals surface area contributed by atoms with Crippen LogP contribution in [0.1, 0.15) is 50.5 Å². The zero-order valence-corrected chi connectivity index (χ0v) is 19.3. The number of nitriles is 1. The number of carbonyl (C=O) groups is 1. The minimum Gasteiger partial charge on any atom is -0.401 e. The molecule has 0 radical (unpaired) electrons. The molecule has 0 atom stereocenters. The summed E-state index contributed by atoms with van der Waals surface area (Å²) >= 11 is 6.36. The lowest BCUT2D eigenvalue weighted by Crippen LogP contribution is -2.48. The molecule has 7 heteroatoms. The second-order valence-electron chi connectivity index (χ2n) is 8.08. The number of likely N-dealkylation sites (tertiary alicyclic amines) is 1. The number of methoxy groups -OCH3 is 1. The summed E-state index contributed by atoms with van der Waals surface area (Å²) in [4.78, 5) is 15.0. The van der Waals surface area contributed by atoms with Crippen LogP contribution in [-0.4, -0.2) is 43.3 Å². The first-order valence-corrected chi connectivity index (χ1v) is 10.8. The van der Waals surface area contributed by atoms with E-state index < -0.39 is 0 Å². The Morgan fingerprint density at radius 3 is 2.44 bits per heavy atom. The van der Waals surface area contributed by atoms with Gasteiger partial charge < -0.3 is 15.4 Å². The van der Waals surface area contributed by atoms with Crippen molar-refractivity contribution in [2.24, 2.45) is 5.73 Å². The van der Waals surface area contributed by atoms with Gasteiger partial charge in [0.25, 0.3) is 5.91 Å². The zero-order valence-electron chi connectivity index (χ0n) is 18.5. The smallest absolute Gasteiger partial charge is 0.254 e. The van der Waals surface area contributed by atoms with E-state index >= 15 is 0 Å². The molecule has 3 N–H and O–H groups in total. The van der Waals surface area contributed by atoms with Crippen LogP contribution in [0, 0.1) is 30.6 Å². The topological polar surface area (TPSA) is 103 Å². The number of ether oxygens (including phenoxy) is 1. The quantitative estimate of drug-likeness (QED) is 0.616. The molecule has 0 aliphatic carbocycles. The van der Waals surface area contributed by atoms with Crippen molar-refractivity contribution < 1.29 is 9.53 Å². The fourth-order valence-electron chi connectivity index (χ4n) is 3.81. The fourth-order valence-corrected chi connectivity index (χ4v) is 4.00. The molecule has 0 saturated carbocycles. The van der Waals surface area contributed by atoms with Gasteiger partial charge in [0.2, 0.25) is 0 Å². The number of allylic oxidation sites excluding steroid dienone is 1. The molecule has 1 aliphatic rings.